The minimum Gasteiger partial charge on any atom is -0.336 e. The molecule has 0 saturated heterocycles. The van der Waals surface area contributed by atoms with Crippen LogP contribution in [0.25, 0.3) is 0 Å². The highest BCUT2D eigenvalue weighted by atomic mass is 32.2. The lowest BCUT2D eigenvalue weighted by Gasteiger charge is -2.06. The number of para-hydroxylation sites is 1. The number of carbonyl (C=O) groups excluding carboxylic acids is 1. The van der Waals surface area contributed by atoms with Crippen molar-refractivity contribution in [2.24, 2.45) is 0 Å². The number of rotatable bonds is 6. The largest absolute Gasteiger partial charge is 0.336 e. The number of hydrogen-bond acceptors (Lipinski definition) is 5. The average Bonchev–Trinajstić information content (AvgIpc) is 2.96. The van der Waals surface area contributed by atoms with Crippen LogP contribution in [0.1, 0.15) is 11.4 Å². The quantitative estimate of drug-likeness (QED) is 0.523. The maximum atomic E-state index is 13.5. The Morgan fingerprint density at radius 2 is 1.84 bits per heavy atom. The molecule has 6 nitrogen and oxygen atoms in total. The lowest BCUT2D eigenvalue weighted by Crippen LogP contribution is -2.17. The van der Waals surface area contributed by atoms with Gasteiger partial charge in [-0.25, -0.2) is 9.07 Å². The molecule has 0 aliphatic rings. The van der Waals surface area contributed by atoms with Gasteiger partial charge in [-0.1, -0.05) is 54.2 Å². The normalized spacial score (nSPS) is 10.6. The maximum Gasteiger partial charge on any atom is 0.234 e. The van der Waals surface area contributed by atoms with Crippen LogP contribution in [0.15, 0.2) is 59.8 Å². The van der Waals surface area contributed by atoms with Gasteiger partial charge >= 0.3 is 0 Å². The highest BCUT2D eigenvalue weighted by molar-refractivity contribution is 7.99. The van der Waals surface area contributed by atoms with Crippen LogP contribution in [-0.4, -0.2) is 26.5 Å². The smallest absolute Gasteiger partial charge is 0.234 e. The van der Waals surface area contributed by atoms with E-state index in [0.717, 1.165) is 17.3 Å². The van der Waals surface area contributed by atoms with Crippen LogP contribution in [0.3, 0.4) is 0 Å². The Morgan fingerprint density at radius 3 is 2.60 bits per heavy atom. The van der Waals surface area contributed by atoms with Gasteiger partial charge in [-0.05, 0) is 17.7 Å². The fraction of sp³-hybridized carbons (Fsp3) is 0.118. The molecular formula is C17H16FN5OS. The van der Waals surface area contributed by atoms with Gasteiger partial charge in [-0.15, -0.1) is 10.2 Å². The van der Waals surface area contributed by atoms with Gasteiger partial charge in [0, 0.05) is 6.42 Å². The number of aromatic nitrogens is 3. The lowest BCUT2D eigenvalue weighted by molar-refractivity contribution is -0.113. The average molecular weight is 357 g/mol. The van der Waals surface area contributed by atoms with Crippen molar-refractivity contribution in [3.8, 4) is 0 Å². The molecule has 0 fully saturated rings. The monoisotopic (exact) mass is 357 g/mol. The number of anilines is 1. The van der Waals surface area contributed by atoms with Crippen molar-refractivity contribution in [1.29, 1.82) is 0 Å². The number of benzene rings is 2. The first-order chi connectivity index (χ1) is 12.1. The number of thioether (sulfide) groups is 1. The zero-order valence-corrected chi connectivity index (χ0v) is 14.0. The molecule has 0 saturated carbocycles. The number of nitrogen functional groups attached to an aromatic ring is 1. The Labute approximate surface area is 148 Å². The van der Waals surface area contributed by atoms with Crippen molar-refractivity contribution in [2.45, 2.75) is 11.6 Å². The second kappa shape index (κ2) is 7.80. The number of amides is 1. The second-order valence-electron chi connectivity index (χ2n) is 5.25. The molecule has 0 bridgehead atoms. The van der Waals surface area contributed by atoms with Crippen LogP contribution in [0.5, 0.6) is 0 Å². The zero-order chi connectivity index (χ0) is 17.6. The molecular weight excluding hydrogens is 341 g/mol. The van der Waals surface area contributed by atoms with E-state index in [2.05, 4.69) is 15.5 Å². The van der Waals surface area contributed by atoms with Crippen molar-refractivity contribution >= 4 is 23.4 Å². The Hall–Kier alpha value is -2.87. The van der Waals surface area contributed by atoms with E-state index in [9.17, 15) is 9.18 Å². The van der Waals surface area contributed by atoms with Crippen molar-refractivity contribution in [3.05, 3.63) is 71.8 Å². The molecule has 0 aliphatic heterocycles. The van der Waals surface area contributed by atoms with E-state index in [4.69, 9.17) is 5.84 Å². The molecule has 3 aromatic rings. The molecule has 0 radical (unpaired) electrons. The third-order valence-corrected chi connectivity index (χ3v) is 4.36. The van der Waals surface area contributed by atoms with E-state index < -0.39 is 5.82 Å². The van der Waals surface area contributed by atoms with E-state index in [1.807, 2.05) is 30.3 Å². The summed E-state index contributed by atoms with van der Waals surface area (Å²) in [5.41, 5.74) is 1.21. The first-order valence-electron chi connectivity index (χ1n) is 7.54. The number of nitrogens with one attached hydrogen (secondary N) is 1. The van der Waals surface area contributed by atoms with E-state index in [-0.39, 0.29) is 17.3 Å². The third kappa shape index (κ3) is 4.36. The minimum atomic E-state index is -0.479. The van der Waals surface area contributed by atoms with Crippen molar-refractivity contribution in [1.82, 2.24) is 14.9 Å². The Bertz CT molecular complexity index is 868. The van der Waals surface area contributed by atoms with Crippen LogP contribution in [-0.2, 0) is 11.2 Å². The van der Waals surface area contributed by atoms with Gasteiger partial charge in [0.25, 0.3) is 0 Å². The molecule has 25 heavy (non-hydrogen) atoms. The summed E-state index contributed by atoms with van der Waals surface area (Å²) in [6.07, 6.45) is 0.548. The molecule has 0 unspecified atom stereocenters. The lowest BCUT2D eigenvalue weighted by atomic mass is 10.1. The summed E-state index contributed by atoms with van der Waals surface area (Å²) in [6, 6.07) is 15.8. The maximum absolute atomic E-state index is 13.5. The SMILES string of the molecule is Nn1c(Cc2ccccc2)nnc1SCC(=O)Nc1ccccc1F. The minimum absolute atomic E-state index is 0.0506. The van der Waals surface area contributed by atoms with Crippen LogP contribution >= 0.6 is 11.8 Å². The summed E-state index contributed by atoms with van der Waals surface area (Å²) >= 11 is 1.14. The van der Waals surface area contributed by atoms with Crippen molar-refractivity contribution in [3.63, 3.8) is 0 Å². The van der Waals surface area contributed by atoms with E-state index >= 15 is 0 Å². The highest BCUT2D eigenvalue weighted by Gasteiger charge is 2.13. The zero-order valence-electron chi connectivity index (χ0n) is 13.2. The molecule has 3 rings (SSSR count). The van der Waals surface area contributed by atoms with Gasteiger partial charge in [-0.3, -0.25) is 4.79 Å². The number of halogens is 1. The standard InChI is InChI=1S/C17H16FN5OS/c18-13-8-4-5-9-14(13)20-16(24)11-25-17-22-21-15(23(17)19)10-12-6-2-1-3-7-12/h1-9H,10-11,19H2,(H,20,24). The first-order valence-corrected chi connectivity index (χ1v) is 8.52. The first kappa shape index (κ1) is 17.0. The molecule has 2 aromatic carbocycles. The number of nitrogens with two attached hydrogens (primary N) is 1. The predicted octanol–water partition coefficient (Wildman–Crippen LogP) is 2.45. The summed E-state index contributed by atoms with van der Waals surface area (Å²) in [7, 11) is 0. The van der Waals surface area contributed by atoms with E-state index in [1.54, 1.807) is 12.1 Å². The molecule has 0 aliphatic carbocycles. The molecule has 1 amide bonds. The predicted molar refractivity (Wildman–Crippen MR) is 95.2 cm³/mol. The summed E-state index contributed by atoms with van der Waals surface area (Å²) in [6.45, 7) is 0. The third-order valence-electron chi connectivity index (χ3n) is 3.42. The Kier molecular flexibility index (Phi) is 5.30. The Balaban J connectivity index is 1.58. The molecule has 0 atom stereocenters. The molecule has 0 spiro atoms. The highest BCUT2D eigenvalue weighted by Crippen LogP contribution is 2.18. The summed E-state index contributed by atoms with van der Waals surface area (Å²) < 4.78 is 14.9. The summed E-state index contributed by atoms with van der Waals surface area (Å²) in [5, 5.41) is 11.0. The van der Waals surface area contributed by atoms with Gasteiger partial charge in [0.05, 0.1) is 11.4 Å². The fourth-order valence-electron chi connectivity index (χ4n) is 2.18. The number of carbonyl (C=O) groups is 1. The summed E-state index contributed by atoms with van der Waals surface area (Å²) in [4.78, 5) is 12.0. The number of nitrogens with zero attached hydrogens (tertiary/aromatic N) is 3. The van der Waals surface area contributed by atoms with Crippen LogP contribution in [0, 0.1) is 5.82 Å². The van der Waals surface area contributed by atoms with Gasteiger partial charge in [0.2, 0.25) is 11.1 Å². The van der Waals surface area contributed by atoms with Crippen molar-refractivity contribution in [2.75, 3.05) is 16.9 Å². The second-order valence-corrected chi connectivity index (χ2v) is 6.19. The number of hydrogen-bond donors (Lipinski definition) is 2. The van der Waals surface area contributed by atoms with Gasteiger partial charge in [-0.2, -0.15) is 0 Å². The van der Waals surface area contributed by atoms with Crippen LogP contribution in [0.2, 0.25) is 0 Å². The van der Waals surface area contributed by atoms with Crippen molar-refractivity contribution < 1.29 is 9.18 Å². The van der Waals surface area contributed by atoms with Gasteiger partial charge in [0.1, 0.15) is 5.82 Å². The fourth-order valence-corrected chi connectivity index (χ4v) is 2.86. The molecule has 1 aromatic heterocycles. The van der Waals surface area contributed by atoms with Crippen LogP contribution in [0.4, 0.5) is 10.1 Å². The van der Waals surface area contributed by atoms with Crippen LogP contribution < -0.4 is 11.2 Å². The van der Waals surface area contributed by atoms with Gasteiger partial charge in [0.15, 0.2) is 5.82 Å². The molecule has 1 heterocycles. The summed E-state index contributed by atoms with van der Waals surface area (Å²) in [5.74, 6) is 5.82. The van der Waals surface area contributed by atoms with Gasteiger partial charge < -0.3 is 11.2 Å². The van der Waals surface area contributed by atoms with E-state index in [1.165, 1.54) is 16.8 Å². The van der Waals surface area contributed by atoms with E-state index in [0.29, 0.717) is 17.4 Å². The molecule has 3 N–H and O–H groups in total. The molecule has 128 valence electrons. The Morgan fingerprint density at radius 1 is 1.12 bits per heavy atom. The topological polar surface area (TPSA) is 85.8 Å². The molecule has 8 heteroatoms.